The van der Waals surface area contributed by atoms with Gasteiger partial charge in [0.05, 0.1) is 12.9 Å². The number of carbonyl (C=O) groups excluding carboxylic acids is 1. The molecule has 3 N–H and O–H groups in total. The maximum atomic E-state index is 12.1. The van der Waals surface area contributed by atoms with Crippen molar-refractivity contribution < 1.29 is 17.9 Å². The number of sulfonamides is 1. The monoisotopic (exact) mass is 337 g/mol. The number of carbonyl (C=O) groups is 1. The van der Waals surface area contributed by atoms with Gasteiger partial charge in [-0.3, -0.25) is 10.1 Å². The number of anilines is 1. The van der Waals surface area contributed by atoms with E-state index in [1.165, 1.54) is 25.8 Å². The Bertz CT molecular complexity index is 560. The van der Waals surface area contributed by atoms with E-state index in [1.54, 1.807) is 0 Å². The van der Waals surface area contributed by atoms with E-state index in [9.17, 15) is 13.2 Å². The van der Waals surface area contributed by atoms with E-state index < -0.39 is 22.0 Å². The van der Waals surface area contributed by atoms with Crippen molar-refractivity contribution in [2.45, 2.75) is 19.4 Å². The molecular formula is C10H19N5O4S2. The van der Waals surface area contributed by atoms with E-state index in [0.29, 0.717) is 12.2 Å². The Balaban J connectivity index is 2.74. The third-order valence-electron chi connectivity index (χ3n) is 2.52. The van der Waals surface area contributed by atoms with E-state index in [-0.39, 0.29) is 17.7 Å². The number of thioether (sulfide) groups is 1. The molecule has 0 bridgehead atoms. The Morgan fingerprint density at radius 2 is 2.24 bits per heavy atom. The molecule has 0 fully saturated rings. The molecule has 1 aromatic rings. The van der Waals surface area contributed by atoms with Crippen LogP contribution in [0.25, 0.3) is 0 Å². The molecule has 0 aromatic carbocycles. The fourth-order valence-corrected chi connectivity index (χ4v) is 2.67. The molecule has 1 heterocycles. The first-order chi connectivity index (χ1) is 9.91. The van der Waals surface area contributed by atoms with Gasteiger partial charge in [0.15, 0.2) is 0 Å². The first-order valence-electron chi connectivity index (χ1n) is 6.18. The zero-order valence-electron chi connectivity index (χ0n) is 12.0. The second-order valence-electron chi connectivity index (χ2n) is 4.02. The summed E-state index contributed by atoms with van der Waals surface area (Å²) < 4.78 is 30.4. The second kappa shape index (κ2) is 8.20. The Morgan fingerprint density at radius 3 is 2.76 bits per heavy atom. The van der Waals surface area contributed by atoms with Crippen LogP contribution in [-0.4, -0.2) is 60.4 Å². The zero-order chi connectivity index (χ0) is 15.9. The van der Waals surface area contributed by atoms with E-state index in [0.717, 1.165) is 0 Å². The number of aromatic nitrogens is 3. The molecular weight excluding hydrogens is 318 g/mol. The van der Waals surface area contributed by atoms with Crippen LogP contribution < -0.4 is 14.8 Å². The lowest BCUT2D eigenvalue weighted by Gasteiger charge is -2.16. The molecule has 0 radical (unpaired) electrons. The smallest absolute Gasteiger partial charge is 0.336 e. The van der Waals surface area contributed by atoms with E-state index in [2.05, 4.69) is 25.2 Å². The molecule has 1 rings (SSSR count). The highest BCUT2D eigenvalue weighted by Gasteiger charge is 2.24. The molecule has 9 nitrogen and oxygen atoms in total. The highest BCUT2D eigenvalue weighted by Crippen LogP contribution is 2.08. The van der Waals surface area contributed by atoms with Crippen molar-refractivity contribution in [3.05, 3.63) is 0 Å². The lowest BCUT2D eigenvalue weighted by Crippen LogP contribution is -2.44. The molecule has 1 atom stereocenters. The summed E-state index contributed by atoms with van der Waals surface area (Å²) in [5.41, 5.74) is 0. The summed E-state index contributed by atoms with van der Waals surface area (Å²) in [4.78, 5) is 16.0. The number of hydrogen-bond acceptors (Lipinski definition) is 7. The molecule has 0 saturated heterocycles. The highest BCUT2D eigenvalue weighted by molar-refractivity contribution is 7.98. The summed E-state index contributed by atoms with van der Waals surface area (Å²) in [6.07, 6.45) is 2.25. The number of nitrogens with zero attached hydrogens (tertiary/aromatic N) is 2. The summed E-state index contributed by atoms with van der Waals surface area (Å²) in [6, 6.07) is -0.779. The van der Waals surface area contributed by atoms with Gasteiger partial charge in [-0.05, 0) is 25.4 Å². The standard InChI is InChI=1S/C10H19N5O4S2/c1-4-21(17,18)15-7(5-6-20-3)8(16)11-9-12-10(19-2)14-13-9/h7,15H,4-6H2,1-3H3,(H2,11,12,13,14,16). The van der Waals surface area contributed by atoms with Crippen molar-refractivity contribution in [1.29, 1.82) is 0 Å². The van der Waals surface area contributed by atoms with Crippen LogP contribution in [-0.2, 0) is 14.8 Å². The topological polar surface area (TPSA) is 126 Å². The van der Waals surface area contributed by atoms with Gasteiger partial charge in [0.1, 0.15) is 6.04 Å². The summed E-state index contributed by atoms with van der Waals surface area (Å²) in [7, 11) is -2.08. The molecule has 1 aromatic heterocycles. The second-order valence-corrected chi connectivity index (χ2v) is 7.04. The minimum atomic E-state index is -3.48. The normalized spacial score (nSPS) is 12.9. The van der Waals surface area contributed by atoms with Crippen LogP contribution in [0.4, 0.5) is 5.95 Å². The van der Waals surface area contributed by atoms with Gasteiger partial charge in [-0.1, -0.05) is 0 Å². The molecule has 1 unspecified atom stereocenters. The number of amides is 1. The summed E-state index contributed by atoms with van der Waals surface area (Å²) in [6.45, 7) is 1.51. The molecule has 0 spiro atoms. The van der Waals surface area contributed by atoms with Crippen LogP contribution in [0.2, 0.25) is 0 Å². The van der Waals surface area contributed by atoms with Crippen LogP contribution in [0.5, 0.6) is 6.01 Å². The number of rotatable bonds is 9. The molecule has 0 aliphatic carbocycles. The predicted octanol–water partition coefficient (Wildman–Crippen LogP) is -0.187. The average molecular weight is 337 g/mol. The minimum absolute atomic E-state index is 0.0834. The number of aromatic amines is 1. The SMILES string of the molecule is CCS(=O)(=O)NC(CCSC)C(=O)Nc1nc(OC)n[nH]1. The van der Waals surface area contributed by atoms with Gasteiger partial charge in [-0.25, -0.2) is 18.2 Å². The molecule has 0 aliphatic rings. The first kappa shape index (κ1) is 17.7. The van der Waals surface area contributed by atoms with Crippen LogP contribution in [0.1, 0.15) is 13.3 Å². The predicted molar refractivity (Wildman–Crippen MR) is 80.9 cm³/mol. The van der Waals surface area contributed by atoms with Crippen LogP contribution >= 0.6 is 11.8 Å². The Morgan fingerprint density at radius 1 is 1.52 bits per heavy atom. The molecule has 21 heavy (non-hydrogen) atoms. The van der Waals surface area contributed by atoms with Gasteiger partial charge in [0.25, 0.3) is 0 Å². The van der Waals surface area contributed by atoms with Crippen LogP contribution in [0.15, 0.2) is 0 Å². The van der Waals surface area contributed by atoms with E-state index in [4.69, 9.17) is 4.74 Å². The summed E-state index contributed by atoms with van der Waals surface area (Å²) >= 11 is 1.52. The quantitative estimate of drug-likeness (QED) is 0.570. The van der Waals surface area contributed by atoms with E-state index >= 15 is 0 Å². The molecule has 0 saturated carbocycles. The first-order valence-corrected chi connectivity index (χ1v) is 9.22. The fourth-order valence-electron chi connectivity index (χ4n) is 1.38. The molecule has 120 valence electrons. The van der Waals surface area contributed by atoms with E-state index in [1.807, 2.05) is 6.26 Å². The van der Waals surface area contributed by atoms with Crippen molar-refractivity contribution in [3.8, 4) is 6.01 Å². The molecule has 0 aliphatic heterocycles. The number of ether oxygens (including phenoxy) is 1. The van der Waals surface area contributed by atoms with Crippen molar-refractivity contribution >= 4 is 33.6 Å². The van der Waals surface area contributed by atoms with Gasteiger partial charge in [-0.15, -0.1) is 5.10 Å². The number of hydrogen-bond donors (Lipinski definition) is 3. The largest absolute Gasteiger partial charge is 0.466 e. The minimum Gasteiger partial charge on any atom is -0.466 e. The lowest BCUT2D eigenvalue weighted by atomic mass is 10.2. The summed E-state index contributed by atoms with van der Waals surface area (Å²) in [5.74, 6) is 0.150. The Kier molecular flexibility index (Phi) is 6.92. The highest BCUT2D eigenvalue weighted by atomic mass is 32.2. The van der Waals surface area contributed by atoms with Crippen molar-refractivity contribution in [3.63, 3.8) is 0 Å². The summed E-state index contributed by atoms with van der Waals surface area (Å²) in [5, 5.41) is 8.63. The number of H-pyrrole nitrogens is 1. The number of nitrogens with one attached hydrogen (secondary N) is 3. The lowest BCUT2D eigenvalue weighted by molar-refractivity contribution is -0.117. The Labute approximate surface area is 127 Å². The fraction of sp³-hybridized carbons (Fsp3) is 0.700. The average Bonchev–Trinajstić information content (AvgIpc) is 2.90. The van der Waals surface area contributed by atoms with Crippen molar-refractivity contribution in [2.75, 3.05) is 30.2 Å². The zero-order valence-corrected chi connectivity index (χ0v) is 13.7. The third kappa shape index (κ3) is 5.89. The van der Waals surface area contributed by atoms with Gasteiger partial charge >= 0.3 is 6.01 Å². The number of methoxy groups -OCH3 is 1. The Hall–Kier alpha value is -1.33. The maximum Gasteiger partial charge on any atom is 0.336 e. The molecule has 1 amide bonds. The third-order valence-corrected chi connectivity index (χ3v) is 4.57. The van der Waals surface area contributed by atoms with Crippen LogP contribution in [0, 0.1) is 0 Å². The van der Waals surface area contributed by atoms with Gasteiger partial charge in [0.2, 0.25) is 21.9 Å². The molecule has 11 heteroatoms. The van der Waals surface area contributed by atoms with Gasteiger partial charge < -0.3 is 4.74 Å². The van der Waals surface area contributed by atoms with Crippen molar-refractivity contribution in [2.24, 2.45) is 0 Å². The van der Waals surface area contributed by atoms with Crippen molar-refractivity contribution in [1.82, 2.24) is 19.9 Å². The van der Waals surface area contributed by atoms with Crippen LogP contribution in [0.3, 0.4) is 0 Å². The maximum absolute atomic E-state index is 12.1. The van der Waals surface area contributed by atoms with Gasteiger partial charge in [0, 0.05) is 0 Å². The van der Waals surface area contributed by atoms with Gasteiger partial charge in [-0.2, -0.15) is 16.7 Å².